The van der Waals surface area contributed by atoms with Crippen molar-refractivity contribution in [3.8, 4) is 22.8 Å². The van der Waals surface area contributed by atoms with Crippen LogP contribution in [0.4, 0.5) is 5.88 Å². The summed E-state index contributed by atoms with van der Waals surface area (Å²) in [5.74, 6) is -2.24. The van der Waals surface area contributed by atoms with Crippen molar-refractivity contribution in [2.45, 2.75) is 6.92 Å². The van der Waals surface area contributed by atoms with E-state index in [4.69, 9.17) is 20.8 Å². The number of anilines is 1. The summed E-state index contributed by atoms with van der Waals surface area (Å²) < 4.78 is 34.8. The van der Waals surface area contributed by atoms with E-state index in [1.807, 2.05) is 4.72 Å². The van der Waals surface area contributed by atoms with Crippen LogP contribution >= 0.6 is 11.6 Å². The van der Waals surface area contributed by atoms with E-state index in [-0.39, 0.29) is 10.8 Å². The van der Waals surface area contributed by atoms with Crippen LogP contribution in [0, 0.1) is 0 Å². The molecule has 2 N–H and O–H groups in total. The number of carbonyl (C=O) groups is 1. The summed E-state index contributed by atoms with van der Waals surface area (Å²) in [4.78, 5) is 11.1. The van der Waals surface area contributed by atoms with Crippen LogP contribution in [0.25, 0.3) is 11.3 Å². The molecule has 22 heavy (non-hydrogen) atoms. The largest absolute Gasteiger partial charge is 0.502 e. The molecule has 0 saturated heterocycles. The maximum absolute atomic E-state index is 11.3. The molecular weight excluding hydrogens is 334 g/mol. The Morgan fingerprint density at radius 3 is 2.55 bits per heavy atom. The van der Waals surface area contributed by atoms with Crippen LogP contribution in [-0.4, -0.2) is 25.7 Å². The number of aromatic hydroxyl groups is 1. The van der Waals surface area contributed by atoms with Gasteiger partial charge in [0.25, 0.3) is 5.88 Å². The molecule has 9 heteroatoms. The highest BCUT2D eigenvalue weighted by Gasteiger charge is 2.26. The lowest BCUT2D eigenvalue weighted by Gasteiger charge is -2.02. The minimum atomic E-state index is -3.71. The van der Waals surface area contributed by atoms with Crippen molar-refractivity contribution >= 4 is 33.5 Å². The van der Waals surface area contributed by atoms with Gasteiger partial charge in [0.05, 0.1) is 11.3 Å². The van der Waals surface area contributed by atoms with Crippen LogP contribution in [-0.2, 0) is 14.8 Å². The molecule has 0 atom stereocenters. The molecule has 1 aromatic heterocycles. The molecule has 2 aromatic rings. The van der Waals surface area contributed by atoms with Gasteiger partial charge in [0.2, 0.25) is 21.5 Å². The Morgan fingerprint density at radius 2 is 2.00 bits per heavy atom. The lowest BCUT2D eigenvalue weighted by Crippen LogP contribution is -2.11. The topological polar surface area (TPSA) is 106 Å². The normalized spacial score (nSPS) is 11.2. The monoisotopic (exact) mass is 345 g/mol. The Hall–Kier alpha value is -2.19. The number of rotatable bonds is 4. The number of hydrogen-bond acceptors (Lipinski definition) is 6. The number of halogens is 1. The van der Waals surface area contributed by atoms with E-state index >= 15 is 0 Å². The average Bonchev–Trinajstić information content (AvgIpc) is 2.66. The second kappa shape index (κ2) is 5.90. The molecule has 0 fully saturated rings. The zero-order valence-electron chi connectivity index (χ0n) is 11.6. The first-order valence-electron chi connectivity index (χ1n) is 5.96. The van der Waals surface area contributed by atoms with Gasteiger partial charge in [-0.15, -0.1) is 0 Å². The SMILES string of the molecule is CC(=O)Oc1c(NS(C)(=O)=O)oc(-c2ccccc2Cl)c1O. The predicted molar refractivity (Wildman–Crippen MR) is 80.6 cm³/mol. The zero-order chi connectivity index (χ0) is 16.5. The minimum absolute atomic E-state index is 0.118. The first kappa shape index (κ1) is 16.2. The van der Waals surface area contributed by atoms with Crippen molar-refractivity contribution in [1.29, 1.82) is 0 Å². The lowest BCUT2D eigenvalue weighted by atomic mass is 10.1. The van der Waals surface area contributed by atoms with E-state index in [1.54, 1.807) is 24.3 Å². The molecule has 0 aliphatic carbocycles. The third kappa shape index (κ3) is 3.52. The Bertz CT molecular complexity index is 827. The summed E-state index contributed by atoms with van der Waals surface area (Å²) in [6, 6.07) is 6.45. The fraction of sp³-hybridized carbons (Fsp3) is 0.154. The molecule has 0 amide bonds. The highest BCUT2D eigenvalue weighted by molar-refractivity contribution is 7.92. The van der Waals surface area contributed by atoms with Gasteiger partial charge in [0, 0.05) is 12.5 Å². The molecule has 0 radical (unpaired) electrons. The van der Waals surface area contributed by atoms with Crippen molar-refractivity contribution in [1.82, 2.24) is 0 Å². The average molecular weight is 346 g/mol. The van der Waals surface area contributed by atoms with Gasteiger partial charge in [0.1, 0.15) is 0 Å². The van der Waals surface area contributed by atoms with Crippen molar-refractivity contribution in [2.75, 3.05) is 11.0 Å². The summed E-state index contributed by atoms with van der Waals surface area (Å²) in [7, 11) is -3.71. The van der Waals surface area contributed by atoms with E-state index in [1.165, 1.54) is 0 Å². The number of hydrogen-bond donors (Lipinski definition) is 2. The minimum Gasteiger partial charge on any atom is -0.502 e. The number of ether oxygens (including phenoxy) is 1. The van der Waals surface area contributed by atoms with Gasteiger partial charge < -0.3 is 14.3 Å². The third-order valence-corrected chi connectivity index (χ3v) is 3.37. The molecule has 0 aliphatic heterocycles. The second-order valence-corrected chi connectivity index (χ2v) is 6.54. The molecule has 0 aliphatic rings. The van der Waals surface area contributed by atoms with E-state index < -0.39 is 33.4 Å². The van der Waals surface area contributed by atoms with Crippen LogP contribution < -0.4 is 9.46 Å². The number of carbonyl (C=O) groups excluding carboxylic acids is 1. The van der Waals surface area contributed by atoms with Gasteiger partial charge >= 0.3 is 5.97 Å². The molecule has 0 unspecified atom stereocenters. The fourth-order valence-electron chi connectivity index (χ4n) is 1.71. The maximum Gasteiger partial charge on any atom is 0.308 e. The predicted octanol–water partition coefficient (Wildman–Crippen LogP) is 2.60. The smallest absolute Gasteiger partial charge is 0.308 e. The molecule has 2 rings (SSSR count). The first-order valence-corrected chi connectivity index (χ1v) is 8.23. The maximum atomic E-state index is 11.3. The number of nitrogens with one attached hydrogen (secondary N) is 1. The van der Waals surface area contributed by atoms with E-state index in [0.29, 0.717) is 5.56 Å². The molecule has 0 bridgehead atoms. The number of furan rings is 1. The van der Waals surface area contributed by atoms with Crippen molar-refractivity contribution < 1.29 is 27.5 Å². The molecule has 1 heterocycles. The third-order valence-electron chi connectivity index (χ3n) is 2.48. The Balaban J connectivity index is 2.62. The molecule has 0 spiro atoms. The van der Waals surface area contributed by atoms with Crippen molar-refractivity contribution in [3.05, 3.63) is 29.3 Å². The molecular formula is C13H12ClNO6S. The van der Waals surface area contributed by atoms with Crippen LogP contribution in [0.2, 0.25) is 5.02 Å². The molecule has 1 aromatic carbocycles. The Morgan fingerprint density at radius 1 is 1.36 bits per heavy atom. The highest BCUT2D eigenvalue weighted by Crippen LogP contribution is 2.47. The molecule has 118 valence electrons. The van der Waals surface area contributed by atoms with Crippen LogP contribution in [0.1, 0.15) is 6.92 Å². The van der Waals surface area contributed by atoms with Gasteiger partial charge in [-0.3, -0.25) is 9.52 Å². The quantitative estimate of drug-likeness (QED) is 0.825. The summed E-state index contributed by atoms with van der Waals surface area (Å²) in [5.41, 5.74) is 0.316. The Kier molecular flexibility index (Phi) is 4.34. The first-order chi connectivity index (χ1) is 10.2. The van der Waals surface area contributed by atoms with E-state index in [9.17, 15) is 18.3 Å². The van der Waals surface area contributed by atoms with Crippen LogP contribution in [0.15, 0.2) is 28.7 Å². The highest BCUT2D eigenvalue weighted by atomic mass is 35.5. The number of sulfonamides is 1. The Labute approximate surface area is 131 Å². The van der Waals surface area contributed by atoms with Crippen LogP contribution in [0.3, 0.4) is 0 Å². The molecule has 7 nitrogen and oxygen atoms in total. The van der Waals surface area contributed by atoms with Crippen molar-refractivity contribution in [2.24, 2.45) is 0 Å². The van der Waals surface area contributed by atoms with Gasteiger partial charge in [-0.25, -0.2) is 8.42 Å². The van der Waals surface area contributed by atoms with Gasteiger partial charge in [-0.1, -0.05) is 23.7 Å². The molecule has 0 saturated carbocycles. The van der Waals surface area contributed by atoms with Gasteiger partial charge in [-0.05, 0) is 12.1 Å². The summed E-state index contributed by atoms with van der Waals surface area (Å²) in [6.45, 7) is 1.10. The van der Waals surface area contributed by atoms with Crippen molar-refractivity contribution in [3.63, 3.8) is 0 Å². The zero-order valence-corrected chi connectivity index (χ0v) is 13.2. The van der Waals surface area contributed by atoms with E-state index in [2.05, 4.69) is 0 Å². The summed E-state index contributed by atoms with van der Waals surface area (Å²) >= 11 is 6.01. The fourth-order valence-corrected chi connectivity index (χ4v) is 2.40. The summed E-state index contributed by atoms with van der Waals surface area (Å²) in [6.07, 6.45) is 0.888. The summed E-state index contributed by atoms with van der Waals surface area (Å²) in [5, 5.41) is 10.4. The second-order valence-electron chi connectivity index (χ2n) is 4.39. The number of esters is 1. The van der Waals surface area contributed by atoms with Gasteiger partial charge in [-0.2, -0.15) is 0 Å². The standard InChI is InChI=1S/C13H12ClNO6S/c1-7(16)20-12-10(17)11(8-5-3-4-6-9(8)14)21-13(12)15-22(2,18)19/h3-6,15,17H,1-2H3. The van der Waals surface area contributed by atoms with Gasteiger partial charge in [0.15, 0.2) is 5.76 Å². The van der Waals surface area contributed by atoms with Crippen LogP contribution in [0.5, 0.6) is 11.5 Å². The van der Waals surface area contributed by atoms with E-state index in [0.717, 1.165) is 13.2 Å². The number of benzene rings is 1. The lowest BCUT2D eigenvalue weighted by molar-refractivity contribution is -0.131.